The Morgan fingerprint density at radius 3 is 2.71 bits per heavy atom. The molecule has 1 aromatic carbocycles. The smallest absolute Gasteiger partial charge is 0.212 e. The van der Waals surface area contributed by atoms with Crippen molar-refractivity contribution in [3.8, 4) is 5.75 Å². The summed E-state index contributed by atoms with van der Waals surface area (Å²) in [7, 11) is 0. The summed E-state index contributed by atoms with van der Waals surface area (Å²) >= 11 is 0. The van der Waals surface area contributed by atoms with Crippen molar-refractivity contribution in [3.63, 3.8) is 0 Å². The Labute approximate surface area is 205 Å². The lowest BCUT2D eigenvalue weighted by Crippen LogP contribution is -2.45. The number of nitrogens with two attached hydrogens (primary N) is 1. The molecule has 0 amide bonds. The van der Waals surface area contributed by atoms with Crippen LogP contribution in [0, 0.1) is 19.8 Å². The molecule has 3 heterocycles. The van der Waals surface area contributed by atoms with Gasteiger partial charge in [0.15, 0.2) is 0 Å². The van der Waals surface area contributed by atoms with Gasteiger partial charge < -0.3 is 9.47 Å². The van der Waals surface area contributed by atoms with Gasteiger partial charge in [0, 0.05) is 29.5 Å². The van der Waals surface area contributed by atoms with Crippen molar-refractivity contribution in [2.24, 2.45) is 5.84 Å². The average molecular weight is 478 g/mol. The molecule has 7 nitrogen and oxygen atoms in total. The fourth-order valence-corrected chi connectivity index (χ4v) is 4.63. The first-order valence-corrected chi connectivity index (χ1v) is 11.9. The van der Waals surface area contributed by atoms with Crippen molar-refractivity contribution in [2.45, 2.75) is 59.3 Å². The SMILES string of the molecule is C/C=C(/c1ccc(F)nc1)c1cc(O[C@H](C)c2c(C)cnnc2C)ccc1N(N)C1CCCCO1. The summed E-state index contributed by atoms with van der Waals surface area (Å²) in [5.74, 6) is 6.75. The Balaban J connectivity index is 1.74. The number of hydrazine groups is 1. The van der Waals surface area contributed by atoms with Crippen LogP contribution in [0.1, 0.15) is 67.2 Å². The fraction of sp³-hybridized carbons (Fsp3) is 0.370. The molecule has 2 atom stereocenters. The number of hydrogen-bond donors (Lipinski definition) is 1. The summed E-state index contributed by atoms with van der Waals surface area (Å²) in [5.41, 5.74) is 6.17. The quantitative estimate of drug-likeness (QED) is 0.276. The van der Waals surface area contributed by atoms with Crippen LogP contribution >= 0.6 is 0 Å². The zero-order chi connectivity index (χ0) is 24.9. The maximum Gasteiger partial charge on any atom is 0.212 e. The van der Waals surface area contributed by atoms with Gasteiger partial charge in [0.1, 0.15) is 18.1 Å². The Kier molecular flexibility index (Phi) is 7.73. The highest BCUT2D eigenvalue weighted by Gasteiger charge is 2.24. The van der Waals surface area contributed by atoms with Crippen LogP contribution in [0.2, 0.25) is 0 Å². The molecule has 8 heteroatoms. The maximum atomic E-state index is 13.5. The predicted octanol–water partition coefficient (Wildman–Crippen LogP) is 5.43. The van der Waals surface area contributed by atoms with E-state index in [1.165, 1.54) is 12.3 Å². The molecule has 35 heavy (non-hydrogen) atoms. The van der Waals surface area contributed by atoms with E-state index >= 15 is 0 Å². The number of rotatable bonds is 7. The molecule has 4 rings (SSSR count). The molecule has 3 aromatic rings. The van der Waals surface area contributed by atoms with Gasteiger partial charge in [0.05, 0.1) is 17.6 Å². The lowest BCUT2D eigenvalue weighted by atomic mass is 9.96. The van der Waals surface area contributed by atoms with Crippen molar-refractivity contribution >= 4 is 11.3 Å². The molecule has 1 saturated heterocycles. The highest BCUT2D eigenvalue weighted by atomic mass is 19.1. The summed E-state index contributed by atoms with van der Waals surface area (Å²) in [6.45, 7) is 8.55. The fourth-order valence-electron chi connectivity index (χ4n) is 4.63. The number of ether oxygens (including phenoxy) is 2. The van der Waals surface area contributed by atoms with Gasteiger partial charge in [-0.15, -0.1) is 0 Å². The third-order valence-electron chi connectivity index (χ3n) is 6.32. The standard InChI is InChI=1S/C27H32FN5O2/c1-5-22(20-9-12-25(28)30-16-20)23-14-21(35-19(4)27-17(2)15-31-32-18(27)3)10-11-24(23)33(29)26-8-6-7-13-34-26/h5,9-12,14-16,19,26H,6-8,13,29H2,1-4H3/b22-5-/t19-,26?/m1/s1. The van der Waals surface area contributed by atoms with Crippen LogP contribution in [0.3, 0.4) is 0 Å². The number of hydrogen-bond acceptors (Lipinski definition) is 7. The van der Waals surface area contributed by atoms with E-state index in [-0.39, 0.29) is 12.3 Å². The number of benzene rings is 1. The second kappa shape index (κ2) is 10.9. The second-order valence-electron chi connectivity index (χ2n) is 8.77. The Hall–Kier alpha value is -3.36. The lowest BCUT2D eigenvalue weighted by Gasteiger charge is -2.33. The van der Waals surface area contributed by atoms with Gasteiger partial charge in [-0.1, -0.05) is 6.08 Å². The van der Waals surface area contributed by atoms with E-state index in [0.29, 0.717) is 12.4 Å². The van der Waals surface area contributed by atoms with Gasteiger partial charge >= 0.3 is 0 Å². The first-order valence-electron chi connectivity index (χ1n) is 11.9. The number of anilines is 1. The third kappa shape index (κ3) is 5.49. The summed E-state index contributed by atoms with van der Waals surface area (Å²) < 4.78 is 25.8. The Bertz CT molecular complexity index is 1170. The number of aryl methyl sites for hydroxylation is 2. The number of allylic oxidation sites excluding steroid dienone is 1. The summed E-state index contributed by atoms with van der Waals surface area (Å²) in [4.78, 5) is 3.85. The summed E-state index contributed by atoms with van der Waals surface area (Å²) in [5, 5.41) is 9.89. The van der Waals surface area contributed by atoms with Crippen LogP contribution in [0.15, 0.2) is 48.8 Å². The molecular weight excluding hydrogens is 445 g/mol. The number of nitrogens with zero attached hydrogens (tertiary/aromatic N) is 4. The number of pyridine rings is 1. The molecule has 0 saturated carbocycles. The van der Waals surface area contributed by atoms with Gasteiger partial charge in [-0.05, 0) is 88.4 Å². The molecule has 0 radical (unpaired) electrons. The molecule has 2 aromatic heterocycles. The van der Waals surface area contributed by atoms with Crippen molar-refractivity contribution in [1.82, 2.24) is 15.2 Å². The van der Waals surface area contributed by atoms with Crippen LogP contribution in [0.5, 0.6) is 5.75 Å². The highest BCUT2D eigenvalue weighted by Crippen LogP contribution is 2.37. The van der Waals surface area contributed by atoms with E-state index in [2.05, 4.69) is 15.2 Å². The second-order valence-corrected chi connectivity index (χ2v) is 8.77. The first kappa shape index (κ1) is 24.8. The molecule has 1 unspecified atom stereocenters. The Morgan fingerprint density at radius 2 is 2.06 bits per heavy atom. The van der Waals surface area contributed by atoms with Crippen LogP contribution in [0.25, 0.3) is 5.57 Å². The molecule has 1 aliphatic heterocycles. The van der Waals surface area contributed by atoms with Gasteiger partial charge in [-0.25, -0.2) is 10.8 Å². The van der Waals surface area contributed by atoms with Crippen LogP contribution in [-0.4, -0.2) is 28.0 Å². The normalized spacial score (nSPS) is 17.2. The van der Waals surface area contributed by atoms with Crippen LogP contribution in [-0.2, 0) is 4.74 Å². The molecule has 0 bridgehead atoms. The van der Waals surface area contributed by atoms with Crippen LogP contribution in [0.4, 0.5) is 10.1 Å². The zero-order valence-corrected chi connectivity index (χ0v) is 20.7. The molecule has 1 fully saturated rings. The molecular formula is C27H32FN5O2. The molecule has 2 N–H and O–H groups in total. The molecule has 0 spiro atoms. The Morgan fingerprint density at radius 1 is 1.23 bits per heavy atom. The predicted molar refractivity (Wildman–Crippen MR) is 134 cm³/mol. The third-order valence-corrected chi connectivity index (χ3v) is 6.32. The van der Waals surface area contributed by atoms with Crippen LogP contribution < -0.4 is 15.6 Å². The lowest BCUT2D eigenvalue weighted by molar-refractivity contribution is 0.0141. The van der Waals surface area contributed by atoms with E-state index < -0.39 is 5.95 Å². The van der Waals surface area contributed by atoms with E-state index in [9.17, 15) is 4.39 Å². The topological polar surface area (TPSA) is 86.4 Å². The monoisotopic (exact) mass is 477 g/mol. The minimum Gasteiger partial charge on any atom is -0.486 e. The summed E-state index contributed by atoms with van der Waals surface area (Å²) in [6.07, 6.45) is 7.73. The summed E-state index contributed by atoms with van der Waals surface area (Å²) in [6, 6.07) is 8.89. The van der Waals surface area contributed by atoms with Gasteiger partial charge in [0.25, 0.3) is 0 Å². The number of aromatic nitrogens is 3. The van der Waals surface area contributed by atoms with E-state index in [1.54, 1.807) is 17.3 Å². The van der Waals surface area contributed by atoms with Crippen molar-refractivity contribution < 1.29 is 13.9 Å². The van der Waals surface area contributed by atoms with Crippen molar-refractivity contribution in [3.05, 3.63) is 82.7 Å². The zero-order valence-electron chi connectivity index (χ0n) is 20.7. The van der Waals surface area contributed by atoms with Crippen molar-refractivity contribution in [1.29, 1.82) is 0 Å². The number of halogens is 1. The van der Waals surface area contributed by atoms with Gasteiger partial charge in [-0.2, -0.15) is 14.6 Å². The minimum absolute atomic E-state index is 0.217. The van der Waals surface area contributed by atoms with E-state index in [0.717, 1.165) is 58.5 Å². The minimum atomic E-state index is -0.525. The van der Waals surface area contributed by atoms with E-state index in [1.807, 2.05) is 52.0 Å². The first-order chi connectivity index (χ1) is 16.9. The molecule has 184 valence electrons. The molecule has 1 aliphatic rings. The van der Waals surface area contributed by atoms with Gasteiger partial charge in [0.2, 0.25) is 5.95 Å². The largest absolute Gasteiger partial charge is 0.486 e. The molecule has 0 aliphatic carbocycles. The maximum absolute atomic E-state index is 13.5. The highest BCUT2D eigenvalue weighted by molar-refractivity contribution is 5.86. The average Bonchev–Trinajstić information content (AvgIpc) is 2.86. The van der Waals surface area contributed by atoms with E-state index in [4.69, 9.17) is 15.3 Å². The van der Waals surface area contributed by atoms with Crippen molar-refractivity contribution in [2.75, 3.05) is 11.6 Å². The van der Waals surface area contributed by atoms with Gasteiger partial charge in [-0.3, -0.25) is 5.01 Å².